The molecule has 1 aromatic carbocycles. The molecule has 1 aliphatic rings. The van der Waals surface area contributed by atoms with Crippen molar-refractivity contribution in [3.05, 3.63) is 46.7 Å². The number of nitrogens with zero attached hydrogens (tertiary/aromatic N) is 2. The Morgan fingerprint density at radius 2 is 1.90 bits per heavy atom. The number of ether oxygens (including phenoxy) is 1. The Bertz CT molecular complexity index is 903. The molecular formula is C22H30N2O4S2. The van der Waals surface area contributed by atoms with Crippen LogP contribution >= 0.6 is 11.3 Å². The molecule has 6 nitrogen and oxygen atoms in total. The minimum atomic E-state index is -3.22. The number of methoxy groups -OCH3 is 1. The Hall–Kier alpha value is -1.90. The lowest BCUT2D eigenvalue weighted by molar-refractivity contribution is -0.123. The zero-order chi connectivity index (χ0) is 21.6. The van der Waals surface area contributed by atoms with E-state index in [0.717, 1.165) is 22.7 Å². The van der Waals surface area contributed by atoms with Crippen LogP contribution in [-0.2, 0) is 21.4 Å². The summed E-state index contributed by atoms with van der Waals surface area (Å²) in [5.74, 6) is 0.815. The molecule has 0 saturated carbocycles. The molecule has 1 aromatic heterocycles. The Morgan fingerprint density at radius 1 is 1.20 bits per heavy atom. The summed E-state index contributed by atoms with van der Waals surface area (Å²) < 4.78 is 31.7. The van der Waals surface area contributed by atoms with Gasteiger partial charge in [0.2, 0.25) is 15.9 Å². The second-order valence-corrected chi connectivity index (χ2v) is 10.7. The lowest BCUT2D eigenvalue weighted by atomic mass is 9.96. The Morgan fingerprint density at radius 3 is 2.47 bits per heavy atom. The first-order valence-corrected chi connectivity index (χ1v) is 12.9. The van der Waals surface area contributed by atoms with E-state index < -0.39 is 10.0 Å². The van der Waals surface area contributed by atoms with Crippen molar-refractivity contribution in [1.82, 2.24) is 4.31 Å². The third-order valence-corrected chi connectivity index (χ3v) is 8.31. The first-order chi connectivity index (χ1) is 14.4. The largest absolute Gasteiger partial charge is 0.497 e. The number of piperidine rings is 1. The van der Waals surface area contributed by atoms with E-state index in [-0.39, 0.29) is 17.6 Å². The van der Waals surface area contributed by atoms with Crippen LogP contribution in [0.1, 0.15) is 37.5 Å². The fraction of sp³-hybridized carbons (Fsp3) is 0.500. The highest BCUT2D eigenvalue weighted by molar-refractivity contribution is 7.89. The lowest BCUT2D eigenvalue weighted by Gasteiger charge is -2.33. The predicted molar refractivity (Wildman–Crippen MR) is 121 cm³/mol. The molecule has 30 heavy (non-hydrogen) atoms. The summed E-state index contributed by atoms with van der Waals surface area (Å²) in [5.41, 5.74) is 0.826. The summed E-state index contributed by atoms with van der Waals surface area (Å²) in [5, 5.41) is 2.01. The molecule has 3 rings (SSSR count). The van der Waals surface area contributed by atoms with Gasteiger partial charge in [-0.1, -0.05) is 19.4 Å². The Labute approximate surface area is 183 Å². The molecule has 0 unspecified atom stereocenters. The number of carbonyl (C=O) groups excluding carboxylic acids is 1. The van der Waals surface area contributed by atoms with Crippen molar-refractivity contribution in [1.29, 1.82) is 0 Å². The van der Waals surface area contributed by atoms with E-state index in [0.29, 0.717) is 38.9 Å². The molecule has 0 radical (unpaired) electrons. The van der Waals surface area contributed by atoms with Crippen LogP contribution in [0, 0.1) is 5.92 Å². The smallest absolute Gasteiger partial charge is 0.230 e. The quantitative estimate of drug-likeness (QED) is 0.576. The standard InChI is InChI=1S/C22H30N2O4S2/c1-3-4-16-30(26,27)23-13-11-18(12-14-23)22(25)24(17-21-6-5-15-29-21)19-7-9-20(28-2)10-8-19/h5-10,15,18H,3-4,11-14,16-17H2,1-2H3. The highest BCUT2D eigenvalue weighted by Crippen LogP contribution is 2.28. The van der Waals surface area contributed by atoms with Crippen molar-refractivity contribution in [2.75, 3.05) is 30.9 Å². The zero-order valence-electron chi connectivity index (χ0n) is 17.6. The third kappa shape index (κ3) is 5.62. The van der Waals surface area contributed by atoms with Crippen molar-refractivity contribution in [2.45, 2.75) is 39.2 Å². The SMILES string of the molecule is CCCCS(=O)(=O)N1CCC(C(=O)N(Cc2cccs2)c2ccc(OC)cc2)CC1. The number of amides is 1. The number of anilines is 1. The molecule has 0 atom stereocenters. The topological polar surface area (TPSA) is 66.9 Å². The maximum atomic E-state index is 13.4. The second-order valence-electron chi connectivity index (χ2n) is 7.54. The van der Waals surface area contributed by atoms with E-state index in [9.17, 15) is 13.2 Å². The number of hydrogen-bond acceptors (Lipinski definition) is 5. The Kier molecular flexibility index (Phi) is 7.91. The van der Waals surface area contributed by atoms with E-state index in [1.54, 1.807) is 22.8 Å². The van der Waals surface area contributed by atoms with Crippen LogP contribution in [0.4, 0.5) is 5.69 Å². The van der Waals surface area contributed by atoms with Crippen molar-refractivity contribution in [2.24, 2.45) is 5.92 Å². The van der Waals surface area contributed by atoms with E-state index in [2.05, 4.69) is 0 Å². The molecule has 0 bridgehead atoms. The fourth-order valence-electron chi connectivity index (χ4n) is 3.67. The molecule has 0 spiro atoms. The number of benzene rings is 1. The van der Waals surface area contributed by atoms with Crippen LogP contribution < -0.4 is 9.64 Å². The van der Waals surface area contributed by atoms with Gasteiger partial charge in [-0.05, 0) is 55.0 Å². The molecule has 0 aliphatic carbocycles. The van der Waals surface area contributed by atoms with E-state index >= 15 is 0 Å². The molecule has 1 aliphatic heterocycles. The van der Waals surface area contributed by atoms with Crippen molar-refractivity contribution >= 4 is 33.0 Å². The summed E-state index contributed by atoms with van der Waals surface area (Å²) in [6, 6.07) is 11.5. The average molecular weight is 451 g/mol. The van der Waals surface area contributed by atoms with Crippen LogP contribution in [-0.4, -0.2) is 44.6 Å². The third-order valence-electron chi connectivity index (χ3n) is 5.50. The minimum Gasteiger partial charge on any atom is -0.497 e. The highest BCUT2D eigenvalue weighted by atomic mass is 32.2. The fourth-order valence-corrected chi connectivity index (χ4v) is 6.05. The molecule has 2 aromatic rings. The molecule has 164 valence electrons. The molecule has 1 fully saturated rings. The van der Waals surface area contributed by atoms with E-state index in [1.165, 1.54) is 0 Å². The van der Waals surface area contributed by atoms with Gasteiger partial charge in [0.05, 0.1) is 19.4 Å². The second kappa shape index (κ2) is 10.4. The molecule has 1 saturated heterocycles. The van der Waals surface area contributed by atoms with Crippen molar-refractivity contribution < 1.29 is 17.9 Å². The molecular weight excluding hydrogens is 420 g/mol. The average Bonchev–Trinajstić information content (AvgIpc) is 3.29. The first-order valence-electron chi connectivity index (χ1n) is 10.4. The Balaban J connectivity index is 1.72. The van der Waals surface area contributed by atoms with Crippen LogP contribution in [0.15, 0.2) is 41.8 Å². The van der Waals surface area contributed by atoms with Crippen molar-refractivity contribution in [3.63, 3.8) is 0 Å². The summed E-state index contributed by atoms with van der Waals surface area (Å²) in [4.78, 5) is 16.4. The number of unbranched alkanes of at least 4 members (excludes halogenated alkanes) is 1. The molecule has 1 amide bonds. The van der Waals surface area contributed by atoms with E-state index in [1.807, 2.05) is 53.6 Å². The summed E-state index contributed by atoms with van der Waals surface area (Å²) in [7, 11) is -1.60. The van der Waals surface area contributed by atoms with Gasteiger partial charge in [0.15, 0.2) is 0 Å². The van der Waals surface area contributed by atoms with Gasteiger partial charge >= 0.3 is 0 Å². The van der Waals surface area contributed by atoms with Gasteiger partial charge in [-0.2, -0.15) is 0 Å². The normalized spacial score (nSPS) is 15.8. The van der Waals surface area contributed by atoms with Gasteiger partial charge in [-0.3, -0.25) is 4.79 Å². The number of carbonyl (C=O) groups is 1. The molecule has 8 heteroatoms. The van der Waals surface area contributed by atoms with Gasteiger partial charge in [0.25, 0.3) is 0 Å². The maximum absolute atomic E-state index is 13.4. The maximum Gasteiger partial charge on any atom is 0.230 e. The van der Waals surface area contributed by atoms with Crippen LogP contribution in [0.2, 0.25) is 0 Å². The summed E-state index contributed by atoms with van der Waals surface area (Å²) in [6.45, 7) is 3.33. The van der Waals surface area contributed by atoms with Gasteiger partial charge in [-0.15, -0.1) is 11.3 Å². The van der Waals surface area contributed by atoms with Gasteiger partial charge < -0.3 is 9.64 Å². The molecule has 2 heterocycles. The van der Waals surface area contributed by atoms with Crippen LogP contribution in [0.5, 0.6) is 5.75 Å². The monoisotopic (exact) mass is 450 g/mol. The number of hydrogen-bond donors (Lipinski definition) is 0. The van der Waals surface area contributed by atoms with Crippen LogP contribution in [0.3, 0.4) is 0 Å². The van der Waals surface area contributed by atoms with Crippen LogP contribution in [0.25, 0.3) is 0 Å². The van der Waals surface area contributed by atoms with Gasteiger partial charge in [0, 0.05) is 29.6 Å². The number of thiophene rings is 1. The minimum absolute atomic E-state index is 0.0548. The van der Waals surface area contributed by atoms with Crippen molar-refractivity contribution in [3.8, 4) is 5.75 Å². The predicted octanol–water partition coefficient (Wildman–Crippen LogP) is 4.13. The van der Waals surface area contributed by atoms with Gasteiger partial charge in [-0.25, -0.2) is 12.7 Å². The lowest BCUT2D eigenvalue weighted by Crippen LogP contribution is -2.44. The first kappa shape index (κ1) is 22.8. The zero-order valence-corrected chi connectivity index (χ0v) is 19.3. The number of sulfonamides is 1. The molecule has 0 N–H and O–H groups in total. The number of rotatable bonds is 9. The van der Waals surface area contributed by atoms with E-state index in [4.69, 9.17) is 4.74 Å². The summed E-state index contributed by atoms with van der Waals surface area (Å²) >= 11 is 1.62. The summed E-state index contributed by atoms with van der Waals surface area (Å²) in [6.07, 6.45) is 2.64. The highest BCUT2D eigenvalue weighted by Gasteiger charge is 2.33. The van der Waals surface area contributed by atoms with Gasteiger partial charge in [0.1, 0.15) is 5.75 Å².